The van der Waals surface area contributed by atoms with Crippen LogP contribution in [0.25, 0.3) is 0 Å². The fourth-order valence-corrected chi connectivity index (χ4v) is 2.61. The Bertz CT molecular complexity index is 644. The lowest BCUT2D eigenvalue weighted by Crippen LogP contribution is -2.29. The van der Waals surface area contributed by atoms with Gasteiger partial charge in [-0.3, -0.25) is 9.59 Å². The van der Waals surface area contributed by atoms with Crippen molar-refractivity contribution in [3.63, 3.8) is 0 Å². The molecule has 1 aliphatic rings. The minimum atomic E-state index is -0.977. The molecule has 1 aliphatic carbocycles. The molecule has 2 N–H and O–H groups in total. The monoisotopic (exact) mass is 301 g/mol. The van der Waals surface area contributed by atoms with E-state index >= 15 is 0 Å². The van der Waals surface area contributed by atoms with Gasteiger partial charge >= 0.3 is 5.97 Å². The van der Waals surface area contributed by atoms with Gasteiger partial charge in [0.15, 0.2) is 0 Å². The van der Waals surface area contributed by atoms with Crippen molar-refractivity contribution < 1.29 is 19.1 Å². The number of hydrogen-bond donors (Lipinski definition) is 1. The number of methoxy groups -OCH3 is 1. The van der Waals surface area contributed by atoms with Gasteiger partial charge in [-0.2, -0.15) is 0 Å². The van der Waals surface area contributed by atoms with Gasteiger partial charge in [-0.25, -0.2) is 0 Å². The van der Waals surface area contributed by atoms with Crippen LogP contribution in [0, 0.1) is 17.8 Å². The minimum absolute atomic E-state index is 0.280. The van der Waals surface area contributed by atoms with Gasteiger partial charge in [-0.15, -0.1) is 5.92 Å². The third-order valence-electron chi connectivity index (χ3n) is 3.82. The second-order valence-corrected chi connectivity index (χ2v) is 5.15. The van der Waals surface area contributed by atoms with Gasteiger partial charge in [0, 0.05) is 6.42 Å². The Morgan fingerprint density at radius 2 is 2.18 bits per heavy atom. The van der Waals surface area contributed by atoms with E-state index in [1.807, 2.05) is 6.92 Å². The highest BCUT2D eigenvalue weighted by molar-refractivity contribution is 5.97. The molecule has 1 fully saturated rings. The maximum Gasteiger partial charge on any atom is 0.317 e. The summed E-state index contributed by atoms with van der Waals surface area (Å²) in [6, 6.07) is 7.08. The van der Waals surface area contributed by atoms with Gasteiger partial charge in [-0.1, -0.05) is 25.0 Å². The van der Waals surface area contributed by atoms with Crippen LogP contribution in [0.4, 0.5) is 0 Å². The van der Waals surface area contributed by atoms with Crippen LogP contribution in [-0.4, -0.2) is 25.6 Å². The molecule has 116 valence electrons. The van der Waals surface area contributed by atoms with Crippen LogP contribution in [0.1, 0.15) is 25.3 Å². The average molecular weight is 301 g/mol. The van der Waals surface area contributed by atoms with Crippen LogP contribution in [-0.2, 0) is 19.7 Å². The third kappa shape index (κ3) is 2.91. The number of benzene rings is 1. The van der Waals surface area contributed by atoms with Gasteiger partial charge in [-0.05, 0) is 24.1 Å². The smallest absolute Gasteiger partial charge is 0.317 e. The molecule has 5 heteroatoms. The van der Waals surface area contributed by atoms with E-state index < -0.39 is 23.2 Å². The Hall–Kier alpha value is -2.48. The maximum absolute atomic E-state index is 12.1. The number of primary amides is 1. The highest BCUT2D eigenvalue weighted by atomic mass is 16.5. The predicted molar refractivity (Wildman–Crippen MR) is 81.0 cm³/mol. The summed E-state index contributed by atoms with van der Waals surface area (Å²) in [5.74, 6) is 4.92. The van der Waals surface area contributed by atoms with E-state index in [2.05, 4.69) is 11.8 Å². The predicted octanol–water partition coefficient (Wildman–Crippen LogP) is 1.39. The molecule has 1 saturated carbocycles. The van der Waals surface area contributed by atoms with E-state index in [9.17, 15) is 9.59 Å². The average Bonchev–Trinajstić information content (AvgIpc) is 3.28. The summed E-state index contributed by atoms with van der Waals surface area (Å²) in [5.41, 5.74) is 5.07. The van der Waals surface area contributed by atoms with Crippen molar-refractivity contribution >= 4 is 11.9 Å². The zero-order valence-electron chi connectivity index (χ0n) is 12.7. The fraction of sp³-hybridized carbons (Fsp3) is 0.412. The first-order chi connectivity index (χ1) is 10.6. The molecular formula is C17H19NO4. The van der Waals surface area contributed by atoms with E-state index in [-0.39, 0.29) is 6.61 Å². The SMILES string of the molecule is CCC#CCOc1cccc([C@@]2(C(=O)OC)C[C@H]2C(N)=O)c1. The third-order valence-corrected chi connectivity index (χ3v) is 3.82. The van der Waals surface area contributed by atoms with Crippen molar-refractivity contribution in [1.29, 1.82) is 0 Å². The lowest BCUT2D eigenvalue weighted by Gasteiger charge is -2.15. The van der Waals surface area contributed by atoms with E-state index in [1.165, 1.54) is 7.11 Å². The molecule has 0 unspecified atom stereocenters. The summed E-state index contributed by atoms with van der Waals surface area (Å²) in [6.45, 7) is 2.24. The van der Waals surface area contributed by atoms with Crippen LogP contribution in [0.15, 0.2) is 24.3 Å². The number of rotatable bonds is 5. The van der Waals surface area contributed by atoms with Crippen molar-refractivity contribution in [2.75, 3.05) is 13.7 Å². The van der Waals surface area contributed by atoms with E-state index in [4.69, 9.17) is 15.2 Å². The fourth-order valence-electron chi connectivity index (χ4n) is 2.61. The van der Waals surface area contributed by atoms with Crippen LogP contribution >= 0.6 is 0 Å². The molecule has 0 saturated heterocycles. The number of esters is 1. The normalized spacial score (nSPS) is 22.2. The second kappa shape index (κ2) is 6.52. The zero-order chi connectivity index (χ0) is 16.2. The molecule has 0 aliphatic heterocycles. The molecular weight excluding hydrogens is 282 g/mol. The number of nitrogens with two attached hydrogens (primary N) is 1. The van der Waals surface area contributed by atoms with Crippen molar-refractivity contribution in [3.8, 4) is 17.6 Å². The van der Waals surface area contributed by atoms with Gasteiger partial charge in [0.25, 0.3) is 0 Å². The molecule has 2 rings (SSSR count). The Kier molecular flexibility index (Phi) is 4.71. The minimum Gasteiger partial charge on any atom is -0.481 e. The highest BCUT2D eigenvalue weighted by Gasteiger charge is 2.65. The Labute approximate surface area is 129 Å². The summed E-state index contributed by atoms with van der Waals surface area (Å²) >= 11 is 0. The summed E-state index contributed by atoms with van der Waals surface area (Å²) < 4.78 is 10.4. The van der Waals surface area contributed by atoms with Crippen LogP contribution in [0.5, 0.6) is 5.75 Å². The topological polar surface area (TPSA) is 78.6 Å². The number of carbonyl (C=O) groups excluding carboxylic acids is 2. The first-order valence-corrected chi connectivity index (χ1v) is 7.13. The van der Waals surface area contributed by atoms with Gasteiger partial charge < -0.3 is 15.2 Å². The van der Waals surface area contributed by atoms with Gasteiger partial charge in [0.1, 0.15) is 17.8 Å². The molecule has 1 aromatic carbocycles. The number of ether oxygens (including phenoxy) is 2. The van der Waals surface area contributed by atoms with Crippen LogP contribution in [0.2, 0.25) is 0 Å². The summed E-state index contributed by atoms with van der Waals surface area (Å²) in [5, 5.41) is 0. The lowest BCUT2D eigenvalue weighted by molar-refractivity contribution is -0.145. The van der Waals surface area contributed by atoms with Crippen LogP contribution in [0.3, 0.4) is 0 Å². The summed E-state index contributed by atoms with van der Waals surface area (Å²) in [4.78, 5) is 23.6. The number of hydrogen-bond acceptors (Lipinski definition) is 4. The van der Waals surface area contributed by atoms with Gasteiger partial charge in [0.05, 0.1) is 13.0 Å². The molecule has 22 heavy (non-hydrogen) atoms. The van der Waals surface area contributed by atoms with E-state index in [1.54, 1.807) is 24.3 Å². The summed E-state index contributed by atoms with van der Waals surface area (Å²) in [7, 11) is 1.31. The maximum atomic E-state index is 12.1. The standard InChI is InChI=1S/C17H19NO4/c1-3-4-5-9-22-13-8-6-7-12(10-13)17(16(20)21-2)11-14(17)15(18)19/h6-8,10,14H,3,9,11H2,1-2H3,(H2,18,19)/t14-,17-/m0/s1. The quantitative estimate of drug-likeness (QED) is 0.658. The van der Waals surface area contributed by atoms with Crippen molar-refractivity contribution in [1.82, 2.24) is 0 Å². The zero-order valence-corrected chi connectivity index (χ0v) is 12.7. The molecule has 0 heterocycles. The van der Waals surface area contributed by atoms with Gasteiger partial charge in [0.2, 0.25) is 5.91 Å². The largest absolute Gasteiger partial charge is 0.481 e. The molecule has 0 bridgehead atoms. The molecule has 0 spiro atoms. The van der Waals surface area contributed by atoms with E-state index in [0.29, 0.717) is 17.7 Å². The summed E-state index contributed by atoms with van der Waals surface area (Å²) in [6.07, 6.45) is 1.14. The van der Waals surface area contributed by atoms with Crippen molar-refractivity contribution in [2.45, 2.75) is 25.2 Å². The Balaban J connectivity index is 2.23. The van der Waals surface area contributed by atoms with Crippen molar-refractivity contribution in [2.24, 2.45) is 11.7 Å². The highest BCUT2D eigenvalue weighted by Crippen LogP contribution is 2.55. The first kappa shape index (κ1) is 15.9. The molecule has 2 atom stereocenters. The number of carbonyl (C=O) groups is 2. The van der Waals surface area contributed by atoms with Crippen molar-refractivity contribution in [3.05, 3.63) is 29.8 Å². The number of amides is 1. The molecule has 5 nitrogen and oxygen atoms in total. The first-order valence-electron chi connectivity index (χ1n) is 7.13. The lowest BCUT2D eigenvalue weighted by atomic mass is 9.93. The Morgan fingerprint density at radius 1 is 1.41 bits per heavy atom. The van der Waals surface area contributed by atoms with E-state index in [0.717, 1.165) is 6.42 Å². The Morgan fingerprint density at radius 3 is 2.77 bits per heavy atom. The molecule has 1 amide bonds. The molecule has 0 radical (unpaired) electrons. The molecule has 1 aromatic rings. The molecule has 0 aromatic heterocycles. The second-order valence-electron chi connectivity index (χ2n) is 5.15. The van der Waals surface area contributed by atoms with Crippen LogP contribution < -0.4 is 10.5 Å².